The molecular formula is C19H25NO. The van der Waals surface area contributed by atoms with Crippen LogP contribution in [0, 0.1) is 0 Å². The quantitative estimate of drug-likeness (QED) is 0.763. The Morgan fingerprint density at radius 1 is 0.857 bits per heavy atom. The maximum Gasteiger partial charge on any atom is 0.127 e. The molecule has 0 saturated carbocycles. The lowest BCUT2D eigenvalue weighted by Gasteiger charge is -2.16. The molecule has 0 heterocycles. The van der Waals surface area contributed by atoms with Crippen LogP contribution in [0.1, 0.15) is 44.4 Å². The molecule has 0 aliphatic rings. The van der Waals surface area contributed by atoms with E-state index in [4.69, 9.17) is 4.74 Å². The van der Waals surface area contributed by atoms with Gasteiger partial charge in [0.15, 0.2) is 0 Å². The monoisotopic (exact) mass is 283 g/mol. The van der Waals surface area contributed by atoms with E-state index in [1.807, 2.05) is 24.3 Å². The Labute approximate surface area is 128 Å². The molecule has 0 fully saturated rings. The van der Waals surface area contributed by atoms with Crippen molar-refractivity contribution in [3.63, 3.8) is 0 Å². The van der Waals surface area contributed by atoms with Crippen molar-refractivity contribution in [3.8, 4) is 11.5 Å². The van der Waals surface area contributed by atoms with Crippen LogP contribution in [0.25, 0.3) is 0 Å². The minimum atomic E-state index is 0.424. The molecule has 0 spiro atoms. The maximum atomic E-state index is 5.89. The minimum absolute atomic E-state index is 0.424. The van der Waals surface area contributed by atoms with E-state index < -0.39 is 0 Å². The minimum Gasteiger partial charge on any atom is -0.457 e. The molecule has 0 saturated heterocycles. The lowest BCUT2D eigenvalue weighted by molar-refractivity contribution is 0.481. The molecule has 0 radical (unpaired) electrons. The van der Waals surface area contributed by atoms with E-state index in [0.717, 1.165) is 30.9 Å². The molecule has 1 atom stereocenters. The second-order valence-electron chi connectivity index (χ2n) is 5.19. The van der Waals surface area contributed by atoms with Crippen LogP contribution in [0.15, 0.2) is 48.5 Å². The highest BCUT2D eigenvalue weighted by atomic mass is 16.5. The van der Waals surface area contributed by atoms with Crippen molar-refractivity contribution in [2.45, 2.75) is 39.7 Å². The zero-order chi connectivity index (χ0) is 15.1. The van der Waals surface area contributed by atoms with Gasteiger partial charge in [-0.1, -0.05) is 45.0 Å². The number of hydrogen-bond donors (Lipinski definition) is 1. The molecule has 2 aromatic rings. The number of nitrogens with one attached hydrogen (secondary N) is 1. The SMILES string of the molecule is CCNC(CC)c1ccc(Oc2ccc(CC)cc2)cc1. The molecule has 0 aliphatic heterocycles. The molecule has 2 rings (SSSR count). The van der Waals surface area contributed by atoms with Gasteiger partial charge in [-0.2, -0.15) is 0 Å². The molecule has 0 aromatic heterocycles. The average molecular weight is 283 g/mol. The van der Waals surface area contributed by atoms with Crippen molar-refractivity contribution < 1.29 is 4.74 Å². The molecule has 1 N–H and O–H groups in total. The van der Waals surface area contributed by atoms with Crippen LogP contribution in [0.5, 0.6) is 11.5 Å². The zero-order valence-corrected chi connectivity index (χ0v) is 13.2. The van der Waals surface area contributed by atoms with Crippen molar-refractivity contribution in [2.24, 2.45) is 0 Å². The number of ether oxygens (including phenoxy) is 1. The molecule has 1 unspecified atom stereocenters. The Balaban J connectivity index is 2.04. The van der Waals surface area contributed by atoms with Crippen molar-refractivity contribution in [1.29, 1.82) is 0 Å². The summed E-state index contributed by atoms with van der Waals surface area (Å²) in [6, 6.07) is 17.1. The maximum absolute atomic E-state index is 5.89. The van der Waals surface area contributed by atoms with Gasteiger partial charge in [-0.25, -0.2) is 0 Å². The predicted molar refractivity (Wildman–Crippen MR) is 89.0 cm³/mol. The third-order valence-electron chi connectivity index (χ3n) is 3.71. The fourth-order valence-electron chi connectivity index (χ4n) is 2.44. The first-order chi connectivity index (χ1) is 10.3. The van der Waals surface area contributed by atoms with Crippen LogP contribution < -0.4 is 10.1 Å². The third kappa shape index (κ3) is 4.33. The number of benzene rings is 2. The summed E-state index contributed by atoms with van der Waals surface area (Å²) in [5.74, 6) is 1.77. The van der Waals surface area contributed by atoms with Crippen molar-refractivity contribution >= 4 is 0 Å². The smallest absolute Gasteiger partial charge is 0.127 e. The van der Waals surface area contributed by atoms with E-state index >= 15 is 0 Å². The summed E-state index contributed by atoms with van der Waals surface area (Å²) in [5.41, 5.74) is 2.64. The highest BCUT2D eigenvalue weighted by Gasteiger charge is 2.07. The van der Waals surface area contributed by atoms with Crippen LogP contribution in [-0.2, 0) is 6.42 Å². The first kappa shape index (κ1) is 15.6. The number of aryl methyl sites for hydroxylation is 1. The van der Waals surface area contributed by atoms with Crippen LogP contribution in [0.4, 0.5) is 0 Å². The fourth-order valence-corrected chi connectivity index (χ4v) is 2.44. The number of rotatable bonds is 7. The molecule has 21 heavy (non-hydrogen) atoms. The third-order valence-corrected chi connectivity index (χ3v) is 3.71. The normalized spacial score (nSPS) is 12.1. The lowest BCUT2D eigenvalue weighted by Crippen LogP contribution is -2.19. The molecule has 2 aromatic carbocycles. The molecule has 0 amide bonds. The summed E-state index contributed by atoms with van der Waals surface area (Å²) >= 11 is 0. The van der Waals surface area contributed by atoms with Crippen LogP contribution in [-0.4, -0.2) is 6.54 Å². The van der Waals surface area contributed by atoms with E-state index in [1.54, 1.807) is 0 Å². The second kappa shape index (κ2) is 7.84. The molecule has 2 heteroatoms. The van der Waals surface area contributed by atoms with Gasteiger partial charge in [-0.3, -0.25) is 0 Å². The van der Waals surface area contributed by atoms with E-state index in [1.165, 1.54) is 11.1 Å². The summed E-state index contributed by atoms with van der Waals surface area (Å²) in [6.07, 6.45) is 2.14. The summed E-state index contributed by atoms with van der Waals surface area (Å²) in [5, 5.41) is 3.49. The predicted octanol–water partition coefficient (Wildman–Crippen LogP) is 5.10. The van der Waals surface area contributed by atoms with E-state index in [2.05, 4.69) is 50.4 Å². The first-order valence-corrected chi connectivity index (χ1v) is 7.87. The van der Waals surface area contributed by atoms with Gasteiger partial charge in [0.05, 0.1) is 0 Å². The molecule has 2 nitrogen and oxygen atoms in total. The zero-order valence-electron chi connectivity index (χ0n) is 13.2. The molecule has 0 aliphatic carbocycles. The molecule has 112 valence electrons. The van der Waals surface area contributed by atoms with Gasteiger partial charge in [-0.05, 0) is 54.8 Å². The molecule has 0 bridgehead atoms. The van der Waals surface area contributed by atoms with E-state index in [0.29, 0.717) is 6.04 Å². The Morgan fingerprint density at radius 2 is 1.43 bits per heavy atom. The summed E-state index contributed by atoms with van der Waals surface area (Å²) in [7, 11) is 0. The average Bonchev–Trinajstić information content (AvgIpc) is 2.54. The molecular weight excluding hydrogens is 258 g/mol. The second-order valence-corrected chi connectivity index (χ2v) is 5.19. The van der Waals surface area contributed by atoms with Crippen molar-refractivity contribution in [1.82, 2.24) is 5.32 Å². The van der Waals surface area contributed by atoms with Gasteiger partial charge in [0.25, 0.3) is 0 Å². The van der Waals surface area contributed by atoms with E-state index in [9.17, 15) is 0 Å². The largest absolute Gasteiger partial charge is 0.457 e. The van der Waals surface area contributed by atoms with Crippen molar-refractivity contribution in [2.75, 3.05) is 6.54 Å². The summed E-state index contributed by atoms with van der Waals surface area (Å²) in [4.78, 5) is 0. The Kier molecular flexibility index (Phi) is 5.82. The highest BCUT2D eigenvalue weighted by molar-refractivity contribution is 5.35. The van der Waals surface area contributed by atoms with E-state index in [-0.39, 0.29) is 0 Å². The standard InChI is InChI=1S/C19H25NO/c1-4-15-7-11-17(12-8-15)21-18-13-9-16(10-14-18)19(5-2)20-6-3/h7-14,19-20H,4-6H2,1-3H3. The Hall–Kier alpha value is -1.80. The summed E-state index contributed by atoms with van der Waals surface area (Å²) < 4.78 is 5.89. The topological polar surface area (TPSA) is 21.3 Å². The van der Waals surface area contributed by atoms with Gasteiger partial charge >= 0.3 is 0 Å². The van der Waals surface area contributed by atoms with Gasteiger partial charge in [-0.15, -0.1) is 0 Å². The Morgan fingerprint density at radius 3 is 1.90 bits per heavy atom. The van der Waals surface area contributed by atoms with Crippen LogP contribution >= 0.6 is 0 Å². The van der Waals surface area contributed by atoms with Crippen molar-refractivity contribution in [3.05, 3.63) is 59.7 Å². The Bertz CT molecular complexity index is 530. The highest BCUT2D eigenvalue weighted by Crippen LogP contribution is 2.24. The fraction of sp³-hybridized carbons (Fsp3) is 0.368. The van der Waals surface area contributed by atoms with Gasteiger partial charge in [0.1, 0.15) is 11.5 Å². The van der Waals surface area contributed by atoms with Gasteiger partial charge < -0.3 is 10.1 Å². The first-order valence-electron chi connectivity index (χ1n) is 7.87. The van der Waals surface area contributed by atoms with Crippen LogP contribution in [0.3, 0.4) is 0 Å². The summed E-state index contributed by atoms with van der Waals surface area (Å²) in [6.45, 7) is 7.48. The lowest BCUT2D eigenvalue weighted by atomic mass is 10.0. The van der Waals surface area contributed by atoms with Gasteiger partial charge in [0, 0.05) is 6.04 Å². The van der Waals surface area contributed by atoms with Crippen LogP contribution in [0.2, 0.25) is 0 Å². The van der Waals surface area contributed by atoms with Gasteiger partial charge in [0.2, 0.25) is 0 Å². The number of hydrogen-bond acceptors (Lipinski definition) is 2.